The van der Waals surface area contributed by atoms with Crippen molar-refractivity contribution < 1.29 is 19.4 Å². The van der Waals surface area contributed by atoms with Gasteiger partial charge in [0.15, 0.2) is 0 Å². The van der Waals surface area contributed by atoms with Crippen molar-refractivity contribution in [3.8, 4) is 6.07 Å². The number of fused-ring (bicyclic) bond motifs is 1. The third-order valence-electron chi connectivity index (χ3n) is 5.70. The van der Waals surface area contributed by atoms with E-state index in [1.807, 2.05) is 18.2 Å². The Labute approximate surface area is 200 Å². The lowest BCUT2D eigenvalue weighted by molar-refractivity contribution is -0.107. The van der Waals surface area contributed by atoms with Gasteiger partial charge in [-0.05, 0) is 66.8 Å². The molecular formula is C26H32N2O4S. The highest BCUT2D eigenvalue weighted by atomic mass is 32.2. The summed E-state index contributed by atoms with van der Waals surface area (Å²) in [6.07, 6.45) is 5.42. The molecule has 0 bridgehead atoms. The Morgan fingerprint density at radius 2 is 1.91 bits per heavy atom. The molecule has 1 fully saturated rings. The van der Waals surface area contributed by atoms with Gasteiger partial charge in [0.25, 0.3) is 0 Å². The predicted molar refractivity (Wildman–Crippen MR) is 134 cm³/mol. The average Bonchev–Trinajstić information content (AvgIpc) is 2.84. The van der Waals surface area contributed by atoms with E-state index >= 15 is 0 Å². The number of carbonyl (C=O) groups is 1. The molecule has 0 spiro atoms. The topological polar surface area (TPSA) is 82.8 Å². The van der Waals surface area contributed by atoms with Gasteiger partial charge < -0.3 is 19.5 Å². The van der Waals surface area contributed by atoms with Crippen molar-refractivity contribution in [2.45, 2.75) is 32.2 Å². The van der Waals surface area contributed by atoms with Gasteiger partial charge in [-0.2, -0.15) is 5.26 Å². The smallest absolute Gasteiger partial charge is 0.229 e. The molecule has 1 aliphatic heterocycles. The molecule has 0 aromatic heterocycles. The molecule has 1 heterocycles. The van der Waals surface area contributed by atoms with Crippen molar-refractivity contribution in [2.24, 2.45) is 0 Å². The molecule has 1 N–H and O–H groups in total. The van der Waals surface area contributed by atoms with E-state index in [-0.39, 0.29) is 17.3 Å². The van der Waals surface area contributed by atoms with Crippen molar-refractivity contribution in [2.75, 3.05) is 50.2 Å². The maximum Gasteiger partial charge on any atom is 0.229 e. The summed E-state index contributed by atoms with van der Waals surface area (Å²) in [6, 6.07) is 15.1. The first-order valence-electron chi connectivity index (χ1n) is 11.5. The van der Waals surface area contributed by atoms with Gasteiger partial charge in [0, 0.05) is 24.0 Å². The van der Waals surface area contributed by atoms with Gasteiger partial charge in [0.1, 0.15) is 11.6 Å². The maximum atomic E-state index is 12.4. The van der Waals surface area contributed by atoms with Crippen LogP contribution in [0.4, 0.5) is 5.69 Å². The fourth-order valence-corrected chi connectivity index (χ4v) is 4.61. The minimum atomic E-state index is -0.257. The summed E-state index contributed by atoms with van der Waals surface area (Å²) < 4.78 is 10.5. The van der Waals surface area contributed by atoms with Crippen LogP contribution in [-0.2, 0) is 14.3 Å². The number of nitriles is 1. The van der Waals surface area contributed by atoms with Gasteiger partial charge in [-0.25, -0.2) is 0 Å². The molecule has 0 amide bonds. The van der Waals surface area contributed by atoms with E-state index in [1.165, 1.54) is 24.9 Å². The average molecular weight is 469 g/mol. The number of carbonyl (C=O) groups excluding carboxylic acids is 1. The van der Waals surface area contributed by atoms with Gasteiger partial charge in [-0.3, -0.25) is 4.79 Å². The molecule has 2 aromatic rings. The Balaban J connectivity index is 1.58. The fourth-order valence-electron chi connectivity index (χ4n) is 3.96. The second kappa shape index (κ2) is 13.4. The van der Waals surface area contributed by atoms with Crippen LogP contribution in [0.25, 0.3) is 16.8 Å². The van der Waals surface area contributed by atoms with Crippen LogP contribution in [0.15, 0.2) is 42.0 Å². The highest BCUT2D eigenvalue weighted by Gasteiger charge is 2.18. The molecule has 33 heavy (non-hydrogen) atoms. The predicted octanol–water partition coefficient (Wildman–Crippen LogP) is 4.41. The second-order valence-electron chi connectivity index (χ2n) is 8.08. The van der Waals surface area contributed by atoms with Crippen LogP contribution in [0.3, 0.4) is 0 Å². The Morgan fingerprint density at radius 1 is 1.15 bits per heavy atom. The van der Waals surface area contributed by atoms with E-state index in [2.05, 4.69) is 36.1 Å². The molecule has 1 aliphatic rings. The summed E-state index contributed by atoms with van der Waals surface area (Å²) in [5, 5.41) is 20.1. The molecule has 7 heteroatoms. The lowest BCUT2D eigenvalue weighted by atomic mass is 10.0. The van der Waals surface area contributed by atoms with Gasteiger partial charge in [-0.15, -0.1) is 0 Å². The van der Waals surface area contributed by atoms with Gasteiger partial charge in [0.05, 0.1) is 33.0 Å². The number of benzene rings is 2. The van der Waals surface area contributed by atoms with Gasteiger partial charge in [0.2, 0.25) is 5.12 Å². The van der Waals surface area contributed by atoms with Crippen molar-refractivity contribution in [1.82, 2.24) is 0 Å². The molecule has 1 atom stereocenters. The molecule has 176 valence electrons. The van der Waals surface area contributed by atoms with E-state index in [1.54, 1.807) is 6.08 Å². The molecule has 0 radical (unpaired) electrons. The third kappa shape index (κ3) is 7.58. The minimum absolute atomic E-state index is 0.0102. The van der Waals surface area contributed by atoms with Gasteiger partial charge >= 0.3 is 0 Å². The highest BCUT2D eigenvalue weighted by molar-refractivity contribution is 8.14. The van der Waals surface area contributed by atoms with Crippen LogP contribution in [0, 0.1) is 11.3 Å². The van der Waals surface area contributed by atoms with Crippen LogP contribution < -0.4 is 4.90 Å². The summed E-state index contributed by atoms with van der Waals surface area (Å²) in [5.41, 5.74) is 2.22. The number of rotatable bonds is 11. The van der Waals surface area contributed by atoms with Crippen LogP contribution in [0.2, 0.25) is 0 Å². The molecule has 1 saturated heterocycles. The SMILES string of the molecule is CC1CCCCN1c1ccc2cc(/C=C(\C#N)C(=O)SCCOCCOCCO)ccc2c1. The summed E-state index contributed by atoms with van der Waals surface area (Å²) >= 11 is 1.08. The number of nitrogens with zero attached hydrogens (tertiary/aromatic N) is 2. The number of hydrogen-bond acceptors (Lipinski definition) is 7. The Bertz CT molecular complexity index is 1000. The number of thioether (sulfide) groups is 1. The van der Waals surface area contributed by atoms with Crippen molar-refractivity contribution >= 4 is 39.4 Å². The summed E-state index contributed by atoms with van der Waals surface area (Å²) in [7, 11) is 0. The first-order valence-corrected chi connectivity index (χ1v) is 12.5. The molecule has 6 nitrogen and oxygen atoms in total. The number of hydrogen-bond donors (Lipinski definition) is 1. The van der Waals surface area contributed by atoms with Crippen molar-refractivity contribution in [3.05, 3.63) is 47.5 Å². The number of piperidine rings is 1. The zero-order chi connectivity index (χ0) is 23.5. The number of anilines is 1. The zero-order valence-corrected chi connectivity index (χ0v) is 20.0. The van der Waals surface area contributed by atoms with E-state index in [0.717, 1.165) is 34.6 Å². The monoisotopic (exact) mass is 468 g/mol. The van der Waals surface area contributed by atoms with Crippen LogP contribution in [0.5, 0.6) is 0 Å². The molecule has 0 saturated carbocycles. The highest BCUT2D eigenvalue weighted by Crippen LogP contribution is 2.29. The van der Waals surface area contributed by atoms with Crippen molar-refractivity contribution in [1.29, 1.82) is 5.26 Å². The molecule has 1 unspecified atom stereocenters. The summed E-state index contributed by atoms with van der Waals surface area (Å²) in [4.78, 5) is 14.9. The van der Waals surface area contributed by atoms with Crippen LogP contribution in [-0.4, -0.2) is 61.6 Å². The van der Waals surface area contributed by atoms with Crippen molar-refractivity contribution in [3.63, 3.8) is 0 Å². The molecule has 0 aliphatic carbocycles. The lowest BCUT2D eigenvalue weighted by Crippen LogP contribution is -2.37. The Kier molecular flexibility index (Phi) is 10.2. The largest absolute Gasteiger partial charge is 0.394 e. The summed E-state index contributed by atoms with van der Waals surface area (Å²) in [6.45, 7) is 4.88. The second-order valence-corrected chi connectivity index (χ2v) is 9.15. The first-order chi connectivity index (χ1) is 16.1. The van der Waals surface area contributed by atoms with Gasteiger partial charge in [-0.1, -0.05) is 30.0 Å². The first kappa shape index (κ1) is 25.3. The van der Waals surface area contributed by atoms with E-state index in [9.17, 15) is 10.1 Å². The van der Waals surface area contributed by atoms with E-state index in [4.69, 9.17) is 14.6 Å². The van der Waals surface area contributed by atoms with E-state index in [0.29, 0.717) is 38.2 Å². The zero-order valence-electron chi connectivity index (χ0n) is 19.2. The fraction of sp³-hybridized carbons (Fsp3) is 0.462. The van der Waals surface area contributed by atoms with Crippen LogP contribution in [0.1, 0.15) is 31.7 Å². The standard InChI is InChI=1S/C26H32N2O4S/c1-20-4-2-3-9-28(20)25-8-7-22-16-21(5-6-23(22)18-25)17-24(19-27)26(30)33-15-14-32-13-12-31-11-10-29/h5-8,16-18,20,29H,2-4,9-15H2,1H3/b24-17+. The number of aliphatic hydroxyl groups is 1. The Hall–Kier alpha value is -2.37. The molecule has 2 aromatic carbocycles. The molecular weight excluding hydrogens is 436 g/mol. The lowest BCUT2D eigenvalue weighted by Gasteiger charge is -2.35. The van der Waals surface area contributed by atoms with Crippen LogP contribution >= 0.6 is 11.8 Å². The quantitative estimate of drug-likeness (QED) is 0.297. The summed E-state index contributed by atoms with van der Waals surface area (Å²) in [5.74, 6) is 0.466. The minimum Gasteiger partial charge on any atom is -0.394 e. The third-order valence-corrected chi connectivity index (χ3v) is 6.56. The maximum absolute atomic E-state index is 12.4. The number of ether oxygens (including phenoxy) is 2. The Morgan fingerprint density at radius 3 is 2.67 bits per heavy atom. The van der Waals surface area contributed by atoms with E-state index < -0.39 is 0 Å². The normalized spacial score (nSPS) is 16.7. The number of aliphatic hydroxyl groups excluding tert-OH is 1. The molecule has 3 rings (SSSR count).